The summed E-state index contributed by atoms with van der Waals surface area (Å²) >= 11 is 1.75. The molecule has 0 aliphatic carbocycles. The van der Waals surface area contributed by atoms with Crippen molar-refractivity contribution in [3.8, 4) is 56.0 Å². The maximum atomic E-state index is 6.60. The Hall–Kier alpha value is -6.88. The van der Waals surface area contributed by atoms with E-state index in [1.54, 1.807) is 11.3 Å². The van der Waals surface area contributed by atoms with Gasteiger partial charge in [0.05, 0.1) is 15.9 Å². The molecule has 252 valence electrons. The van der Waals surface area contributed by atoms with Gasteiger partial charge in [-0.15, -0.1) is 11.3 Å². The minimum absolute atomic E-state index is 0.689. The normalized spacial score (nSPS) is 11.7. The maximum absolute atomic E-state index is 6.60. The average molecular weight is 707 g/mol. The summed E-state index contributed by atoms with van der Waals surface area (Å²) in [5, 5.41) is 5.64. The molecule has 3 aromatic heterocycles. The SMILES string of the molecule is c1ccc(-c2ccc(-c3nc(-c4cccc5oc6cc(-c7ccc8ccc(-c9ccccc9)cc8c7)ccc6c45)nc4c3sc3ccccc34)cc2)cc1. The molecule has 0 aliphatic heterocycles. The Morgan fingerprint density at radius 3 is 1.80 bits per heavy atom. The molecule has 0 fully saturated rings. The van der Waals surface area contributed by atoms with Gasteiger partial charge < -0.3 is 4.42 Å². The molecular formula is C50H30N2OS. The Morgan fingerprint density at radius 2 is 1.02 bits per heavy atom. The first-order valence-electron chi connectivity index (χ1n) is 18.1. The summed E-state index contributed by atoms with van der Waals surface area (Å²) < 4.78 is 8.89. The van der Waals surface area contributed by atoms with Crippen LogP contribution in [0.5, 0.6) is 0 Å². The number of aromatic nitrogens is 2. The Bertz CT molecular complexity index is 3200. The van der Waals surface area contributed by atoms with E-state index in [1.807, 2.05) is 18.2 Å². The van der Waals surface area contributed by atoms with Crippen LogP contribution in [0.3, 0.4) is 0 Å². The number of hydrogen-bond donors (Lipinski definition) is 0. The lowest BCUT2D eigenvalue weighted by molar-refractivity contribution is 0.669. The van der Waals surface area contributed by atoms with Crippen LogP contribution in [-0.4, -0.2) is 9.97 Å². The summed E-state index contributed by atoms with van der Waals surface area (Å²) in [6.45, 7) is 0. The van der Waals surface area contributed by atoms with Gasteiger partial charge in [0, 0.05) is 32.0 Å². The molecule has 0 amide bonds. The molecular weight excluding hydrogens is 677 g/mol. The Kier molecular flexibility index (Phi) is 7.04. The lowest BCUT2D eigenvalue weighted by atomic mass is 9.97. The van der Waals surface area contributed by atoms with Crippen molar-refractivity contribution in [2.75, 3.05) is 0 Å². The predicted octanol–water partition coefficient (Wildman–Crippen LogP) is 14.2. The number of nitrogens with zero attached hydrogens (tertiary/aromatic N) is 2. The molecule has 54 heavy (non-hydrogen) atoms. The van der Waals surface area contributed by atoms with Crippen molar-refractivity contribution in [2.24, 2.45) is 0 Å². The molecule has 0 aliphatic rings. The lowest BCUT2D eigenvalue weighted by Gasteiger charge is -2.09. The van der Waals surface area contributed by atoms with Crippen molar-refractivity contribution >= 4 is 64.4 Å². The molecule has 3 heterocycles. The fraction of sp³-hybridized carbons (Fsp3) is 0. The van der Waals surface area contributed by atoms with Crippen LogP contribution in [0, 0.1) is 0 Å². The minimum Gasteiger partial charge on any atom is -0.456 e. The van der Waals surface area contributed by atoms with Crippen LogP contribution in [0.2, 0.25) is 0 Å². The summed E-state index contributed by atoms with van der Waals surface area (Å²) in [5.74, 6) is 0.689. The zero-order chi connectivity index (χ0) is 35.6. The van der Waals surface area contributed by atoms with E-state index in [2.05, 4.69) is 164 Å². The number of fused-ring (bicyclic) bond motifs is 7. The van der Waals surface area contributed by atoms with Crippen molar-refractivity contribution in [3.63, 3.8) is 0 Å². The van der Waals surface area contributed by atoms with Crippen LogP contribution >= 0.6 is 11.3 Å². The van der Waals surface area contributed by atoms with Gasteiger partial charge in [-0.2, -0.15) is 0 Å². The molecule has 0 atom stereocenters. The molecule has 11 rings (SSSR count). The third-order valence-electron chi connectivity index (χ3n) is 10.5. The topological polar surface area (TPSA) is 38.9 Å². The first-order valence-corrected chi connectivity index (χ1v) is 19.0. The Morgan fingerprint density at radius 1 is 0.407 bits per heavy atom. The standard InChI is InChI=1S/C50H30N2OS/c1-3-10-31(11-4-1)33-18-22-35(23-19-33)47-49-48(41-14-7-8-17-45(41)54-49)52-50(51-47)42-15-9-16-43-46(42)40-27-26-38(30-44(40)53-43)37-25-21-34-20-24-36(28-39(34)29-37)32-12-5-2-6-13-32/h1-30H. The quantitative estimate of drug-likeness (QED) is 0.179. The second-order valence-electron chi connectivity index (χ2n) is 13.7. The minimum atomic E-state index is 0.689. The second kappa shape index (κ2) is 12.4. The van der Waals surface area contributed by atoms with Crippen LogP contribution in [0.25, 0.3) is 109 Å². The smallest absolute Gasteiger partial charge is 0.161 e. The zero-order valence-corrected chi connectivity index (χ0v) is 29.8. The van der Waals surface area contributed by atoms with E-state index in [9.17, 15) is 0 Å². The number of benzene rings is 8. The van der Waals surface area contributed by atoms with E-state index >= 15 is 0 Å². The van der Waals surface area contributed by atoms with E-state index in [4.69, 9.17) is 14.4 Å². The van der Waals surface area contributed by atoms with Crippen LogP contribution in [0.4, 0.5) is 0 Å². The van der Waals surface area contributed by atoms with Crippen molar-refractivity contribution < 1.29 is 4.42 Å². The molecule has 11 aromatic rings. The van der Waals surface area contributed by atoms with Gasteiger partial charge in [-0.25, -0.2) is 9.97 Å². The van der Waals surface area contributed by atoms with Crippen LogP contribution in [0.1, 0.15) is 0 Å². The first-order chi connectivity index (χ1) is 26.7. The Balaban J connectivity index is 1.05. The highest BCUT2D eigenvalue weighted by Crippen LogP contribution is 2.42. The van der Waals surface area contributed by atoms with E-state index in [1.165, 1.54) is 37.7 Å². The molecule has 0 N–H and O–H groups in total. The van der Waals surface area contributed by atoms with Gasteiger partial charge in [0.15, 0.2) is 5.82 Å². The molecule has 0 spiro atoms. The van der Waals surface area contributed by atoms with Crippen LogP contribution in [-0.2, 0) is 0 Å². The number of thiophene rings is 1. The van der Waals surface area contributed by atoms with Crippen molar-refractivity contribution in [2.45, 2.75) is 0 Å². The monoisotopic (exact) mass is 706 g/mol. The predicted molar refractivity (Wildman–Crippen MR) is 227 cm³/mol. The van der Waals surface area contributed by atoms with Gasteiger partial charge in [0.2, 0.25) is 0 Å². The highest BCUT2D eigenvalue weighted by atomic mass is 32.1. The van der Waals surface area contributed by atoms with E-state index < -0.39 is 0 Å². The van der Waals surface area contributed by atoms with Gasteiger partial charge >= 0.3 is 0 Å². The number of rotatable bonds is 5. The molecule has 8 aromatic carbocycles. The third kappa shape index (κ3) is 5.11. The highest BCUT2D eigenvalue weighted by molar-refractivity contribution is 7.26. The molecule has 0 saturated carbocycles. The second-order valence-corrected chi connectivity index (χ2v) is 14.8. The molecule has 0 saturated heterocycles. The van der Waals surface area contributed by atoms with Gasteiger partial charge in [-0.1, -0.05) is 146 Å². The maximum Gasteiger partial charge on any atom is 0.161 e. The summed E-state index contributed by atoms with van der Waals surface area (Å²) in [4.78, 5) is 10.7. The highest BCUT2D eigenvalue weighted by Gasteiger charge is 2.20. The lowest BCUT2D eigenvalue weighted by Crippen LogP contribution is -1.94. The largest absolute Gasteiger partial charge is 0.456 e. The molecule has 0 radical (unpaired) electrons. The average Bonchev–Trinajstić information content (AvgIpc) is 3.82. The van der Waals surface area contributed by atoms with Gasteiger partial charge in [0.1, 0.15) is 11.2 Å². The summed E-state index contributed by atoms with van der Waals surface area (Å²) in [5.41, 5.74) is 12.6. The fourth-order valence-corrected chi connectivity index (χ4v) is 8.94. The van der Waals surface area contributed by atoms with Gasteiger partial charge in [-0.3, -0.25) is 0 Å². The van der Waals surface area contributed by atoms with E-state index in [0.717, 1.165) is 65.5 Å². The van der Waals surface area contributed by atoms with Crippen molar-refractivity contribution in [1.82, 2.24) is 9.97 Å². The van der Waals surface area contributed by atoms with Gasteiger partial charge in [-0.05, 0) is 80.6 Å². The summed E-state index contributed by atoms with van der Waals surface area (Å²) in [6.07, 6.45) is 0. The third-order valence-corrected chi connectivity index (χ3v) is 11.7. The van der Waals surface area contributed by atoms with Crippen molar-refractivity contribution in [1.29, 1.82) is 0 Å². The van der Waals surface area contributed by atoms with E-state index in [-0.39, 0.29) is 0 Å². The molecule has 0 bridgehead atoms. The van der Waals surface area contributed by atoms with Crippen molar-refractivity contribution in [3.05, 3.63) is 182 Å². The van der Waals surface area contributed by atoms with Gasteiger partial charge in [0.25, 0.3) is 0 Å². The van der Waals surface area contributed by atoms with Crippen LogP contribution < -0.4 is 0 Å². The van der Waals surface area contributed by atoms with E-state index in [0.29, 0.717) is 5.82 Å². The zero-order valence-electron chi connectivity index (χ0n) is 29.0. The summed E-state index contributed by atoms with van der Waals surface area (Å²) in [6, 6.07) is 64.4. The van der Waals surface area contributed by atoms with Crippen LogP contribution in [0.15, 0.2) is 186 Å². The molecule has 0 unspecified atom stereocenters. The number of furan rings is 1. The molecule has 4 heteroatoms. The number of hydrogen-bond acceptors (Lipinski definition) is 4. The first kappa shape index (κ1) is 30.7. The fourth-order valence-electron chi connectivity index (χ4n) is 7.79. The summed E-state index contributed by atoms with van der Waals surface area (Å²) in [7, 11) is 0. The molecule has 3 nitrogen and oxygen atoms in total. The Labute approximate surface area is 315 Å².